The summed E-state index contributed by atoms with van der Waals surface area (Å²) in [6.45, 7) is 1.30. The first-order chi connectivity index (χ1) is 9.79. The normalized spacial score (nSPS) is 10.8. The molecule has 110 valence electrons. The van der Waals surface area contributed by atoms with E-state index in [1.807, 2.05) is 0 Å². The monoisotopic (exact) mass is 345 g/mol. The molecule has 0 unspecified atom stereocenters. The summed E-state index contributed by atoms with van der Waals surface area (Å²) in [6, 6.07) is 8.82. The predicted octanol–water partition coefficient (Wildman–Crippen LogP) is -1.33. The molecule has 0 heterocycles. The Morgan fingerprint density at radius 1 is 1.09 bits per heavy atom. The third-order valence-electron chi connectivity index (χ3n) is 2.84. The Morgan fingerprint density at radius 2 is 1.68 bits per heavy atom. The summed E-state index contributed by atoms with van der Waals surface area (Å²) in [5.41, 5.74) is 0.351. The van der Waals surface area contributed by atoms with Crippen LogP contribution in [0, 0.1) is 0 Å². The van der Waals surface area contributed by atoms with Gasteiger partial charge in [-0.3, -0.25) is 9.59 Å². The van der Waals surface area contributed by atoms with Crippen molar-refractivity contribution < 1.29 is 73.9 Å². The van der Waals surface area contributed by atoms with Crippen molar-refractivity contribution in [1.29, 1.82) is 0 Å². The number of ketones is 1. The number of rotatable bonds is 4. The fourth-order valence-corrected chi connectivity index (χ4v) is 2.72. The zero-order valence-corrected chi connectivity index (χ0v) is 16.1. The maximum Gasteiger partial charge on any atom is 1.00 e. The van der Waals surface area contributed by atoms with E-state index in [0.29, 0.717) is 11.1 Å². The molecule has 0 saturated heterocycles. The van der Waals surface area contributed by atoms with Gasteiger partial charge in [-0.15, -0.1) is 0 Å². The van der Waals surface area contributed by atoms with Gasteiger partial charge in [-0.2, -0.15) is 0 Å². The molecule has 0 aliphatic carbocycles. The van der Waals surface area contributed by atoms with Crippen LogP contribution in [0.25, 0.3) is 10.8 Å². The minimum absolute atomic E-state index is 0. The van der Waals surface area contributed by atoms with E-state index in [0.717, 1.165) is 0 Å². The molecule has 0 aromatic heterocycles. The van der Waals surface area contributed by atoms with E-state index in [1.54, 1.807) is 12.1 Å². The molecule has 1 amide bonds. The summed E-state index contributed by atoms with van der Waals surface area (Å²) >= 11 is 0. The Morgan fingerprint density at radius 3 is 2.27 bits per heavy atom. The average molecular weight is 345 g/mol. The Bertz CT molecular complexity index is 832. The largest absolute Gasteiger partial charge is 1.00 e. The summed E-state index contributed by atoms with van der Waals surface area (Å²) in [7, 11) is -4.61. The molecule has 0 radical (unpaired) electrons. The number of hydrogen-bond donors (Lipinski definition) is 1. The van der Waals surface area contributed by atoms with Crippen molar-refractivity contribution in [2.45, 2.75) is 18.2 Å². The van der Waals surface area contributed by atoms with E-state index in [1.165, 1.54) is 31.2 Å². The van der Waals surface area contributed by atoms with Gasteiger partial charge in [-0.25, -0.2) is 8.42 Å². The van der Waals surface area contributed by atoms with Crippen LogP contribution >= 0.6 is 0 Å². The number of fused-ring (bicyclic) bond motifs is 1. The number of anilines is 1. The summed E-state index contributed by atoms with van der Waals surface area (Å²) in [5.74, 6) is -0.777. The molecule has 0 spiro atoms. The van der Waals surface area contributed by atoms with Crippen molar-refractivity contribution >= 4 is 38.3 Å². The molecular formula is C14H12KNO5S. The molecule has 0 bridgehead atoms. The number of Topliss-reactive ketones (excluding diaryl/α,β-unsaturated/α-hetero) is 1. The van der Waals surface area contributed by atoms with Crippen LogP contribution in [0.1, 0.15) is 13.3 Å². The van der Waals surface area contributed by atoms with E-state index in [-0.39, 0.29) is 73.9 Å². The van der Waals surface area contributed by atoms with Gasteiger partial charge in [0.05, 0.1) is 11.3 Å². The summed E-state index contributed by atoms with van der Waals surface area (Å²) in [4.78, 5) is 22.2. The van der Waals surface area contributed by atoms with Crippen LogP contribution in [0.3, 0.4) is 0 Å². The van der Waals surface area contributed by atoms with E-state index < -0.39 is 16.0 Å². The first-order valence-electron chi connectivity index (χ1n) is 6.06. The Balaban J connectivity index is 0.00000242. The molecule has 0 fully saturated rings. The van der Waals surface area contributed by atoms with Crippen LogP contribution in [-0.2, 0) is 19.7 Å². The van der Waals surface area contributed by atoms with Gasteiger partial charge in [0.2, 0.25) is 5.91 Å². The van der Waals surface area contributed by atoms with E-state index >= 15 is 0 Å². The summed E-state index contributed by atoms with van der Waals surface area (Å²) < 4.78 is 33.7. The average Bonchev–Trinajstić information content (AvgIpc) is 2.36. The standard InChI is InChI=1S/C14H13NO5S.K/c1-9(16)8-14(17)15-12-6-2-5-11-10(12)4-3-7-13(11)21(18,19)20;/h2-7H,8H2,1H3,(H,15,17)(H,18,19,20);/q;+1/p-1. The topological polar surface area (TPSA) is 103 Å². The zero-order valence-electron chi connectivity index (χ0n) is 12.1. The number of benzene rings is 2. The molecule has 0 aliphatic rings. The van der Waals surface area contributed by atoms with E-state index in [9.17, 15) is 22.6 Å². The minimum atomic E-state index is -4.61. The number of nitrogens with one attached hydrogen (secondary N) is 1. The van der Waals surface area contributed by atoms with Gasteiger partial charge >= 0.3 is 51.4 Å². The molecule has 2 aromatic carbocycles. The fourth-order valence-electron chi connectivity index (χ4n) is 2.03. The van der Waals surface area contributed by atoms with Crippen molar-refractivity contribution in [2.24, 2.45) is 0 Å². The molecule has 6 nitrogen and oxygen atoms in total. The number of hydrogen-bond acceptors (Lipinski definition) is 5. The van der Waals surface area contributed by atoms with Gasteiger partial charge < -0.3 is 9.87 Å². The van der Waals surface area contributed by atoms with E-state index in [4.69, 9.17) is 0 Å². The molecular weight excluding hydrogens is 333 g/mol. The van der Waals surface area contributed by atoms with Crippen LogP contribution in [0.2, 0.25) is 0 Å². The second-order valence-electron chi connectivity index (χ2n) is 4.54. The SMILES string of the molecule is CC(=O)CC(=O)Nc1cccc2c(S(=O)(=O)[O-])cccc12.[K+]. The van der Waals surface area contributed by atoms with Crippen LogP contribution < -0.4 is 56.7 Å². The van der Waals surface area contributed by atoms with Crippen molar-refractivity contribution in [3.8, 4) is 0 Å². The summed E-state index contributed by atoms with van der Waals surface area (Å²) in [6.07, 6.45) is -0.268. The molecule has 2 rings (SSSR count). The third kappa shape index (κ3) is 4.69. The van der Waals surface area contributed by atoms with Crippen LogP contribution in [-0.4, -0.2) is 24.7 Å². The fraction of sp³-hybridized carbons (Fsp3) is 0.143. The number of amides is 1. The van der Waals surface area contributed by atoms with Gasteiger partial charge in [-0.05, 0) is 19.1 Å². The smallest absolute Gasteiger partial charge is 0.744 e. The first-order valence-corrected chi connectivity index (χ1v) is 7.47. The van der Waals surface area contributed by atoms with Crippen molar-refractivity contribution in [1.82, 2.24) is 0 Å². The molecule has 2 aromatic rings. The van der Waals surface area contributed by atoms with Crippen LogP contribution in [0.15, 0.2) is 41.3 Å². The van der Waals surface area contributed by atoms with Gasteiger partial charge in [0.15, 0.2) is 0 Å². The predicted molar refractivity (Wildman–Crippen MR) is 75.8 cm³/mol. The van der Waals surface area contributed by atoms with Crippen LogP contribution in [0.4, 0.5) is 5.69 Å². The Hall–Kier alpha value is -0.614. The minimum Gasteiger partial charge on any atom is -0.744 e. The maximum absolute atomic E-state index is 11.6. The first kappa shape index (κ1) is 19.4. The second kappa shape index (κ2) is 7.78. The second-order valence-corrected chi connectivity index (χ2v) is 5.89. The number of carbonyl (C=O) groups excluding carboxylic acids is 2. The van der Waals surface area contributed by atoms with Crippen LogP contribution in [0.5, 0.6) is 0 Å². The molecule has 0 aliphatic heterocycles. The zero-order chi connectivity index (χ0) is 15.6. The van der Waals surface area contributed by atoms with Gasteiger partial charge in [0.25, 0.3) is 0 Å². The Kier molecular flexibility index (Phi) is 6.87. The Labute approximate surface area is 170 Å². The van der Waals surface area contributed by atoms with Gasteiger partial charge in [0.1, 0.15) is 15.9 Å². The van der Waals surface area contributed by atoms with Gasteiger partial charge in [0, 0.05) is 16.5 Å². The maximum atomic E-state index is 11.6. The third-order valence-corrected chi connectivity index (χ3v) is 3.73. The molecule has 1 N–H and O–H groups in total. The van der Waals surface area contributed by atoms with E-state index in [2.05, 4.69) is 5.32 Å². The van der Waals surface area contributed by atoms with Crippen molar-refractivity contribution in [2.75, 3.05) is 5.32 Å². The molecule has 8 heteroatoms. The quantitative estimate of drug-likeness (QED) is 0.420. The van der Waals surface area contributed by atoms with Crippen molar-refractivity contribution in [3.05, 3.63) is 36.4 Å². The van der Waals surface area contributed by atoms with Crippen molar-refractivity contribution in [3.63, 3.8) is 0 Å². The van der Waals surface area contributed by atoms with Gasteiger partial charge in [-0.1, -0.05) is 24.3 Å². The molecule has 22 heavy (non-hydrogen) atoms. The molecule has 0 atom stereocenters. The molecule has 0 saturated carbocycles. The number of carbonyl (C=O) groups is 2. The summed E-state index contributed by atoms with van der Waals surface area (Å²) in [5, 5.41) is 3.19.